The molecule has 0 radical (unpaired) electrons. The molecule has 0 N–H and O–H groups in total. The summed E-state index contributed by atoms with van der Waals surface area (Å²) in [6.45, 7) is 1.40. The lowest BCUT2D eigenvalue weighted by Gasteiger charge is -2.28. The van der Waals surface area contributed by atoms with Crippen LogP contribution in [-0.2, 0) is 21.2 Å². The fourth-order valence-corrected chi connectivity index (χ4v) is 4.95. The fraction of sp³-hybridized carbons (Fsp3) is 0.368. The Morgan fingerprint density at radius 2 is 2.00 bits per heavy atom. The van der Waals surface area contributed by atoms with E-state index in [0.717, 1.165) is 5.56 Å². The second-order valence-electron chi connectivity index (χ2n) is 6.88. The first-order chi connectivity index (χ1) is 13.7. The molecule has 1 aliphatic heterocycles. The molecular weight excluding hydrogens is 398 g/mol. The highest BCUT2D eigenvalue weighted by Gasteiger charge is 2.35. The molecule has 1 amide bonds. The van der Waals surface area contributed by atoms with Gasteiger partial charge in [-0.3, -0.25) is 4.79 Å². The molecule has 0 spiro atoms. The fourth-order valence-electron chi connectivity index (χ4n) is 3.22. The Labute approximate surface area is 168 Å². The number of amides is 1. The number of sulfone groups is 1. The lowest BCUT2D eigenvalue weighted by atomic mass is 10.1. The number of pyridine rings is 1. The summed E-state index contributed by atoms with van der Waals surface area (Å²) in [5.41, 5.74) is 1.31. The van der Waals surface area contributed by atoms with E-state index in [2.05, 4.69) is 4.98 Å². The minimum atomic E-state index is -3.19. The van der Waals surface area contributed by atoms with Gasteiger partial charge >= 0.3 is 5.82 Å². The molecule has 2 heterocycles. The highest BCUT2D eigenvalue weighted by molar-refractivity contribution is 7.91. The van der Waals surface area contributed by atoms with E-state index in [9.17, 15) is 23.3 Å². The van der Waals surface area contributed by atoms with Crippen LogP contribution in [0.1, 0.15) is 17.7 Å². The number of nitro groups is 1. The van der Waals surface area contributed by atoms with E-state index >= 15 is 0 Å². The van der Waals surface area contributed by atoms with Crippen molar-refractivity contribution in [3.63, 3.8) is 0 Å². The molecule has 1 atom stereocenters. The Kier molecular flexibility index (Phi) is 6.12. The summed E-state index contributed by atoms with van der Waals surface area (Å²) in [5, 5.41) is 11.2. The second kappa shape index (κ2) is 8.56. The number of carbonyl (C=O) groups excluding carboxylic acids is 1. The molecule has 2 aromatic rings. The maximum Gasteiger partial charge on any atom is 0.406 e. The Morgan fingerprint density at radius 1 is 1.28 bits per heavy atom. The van der Waals surface area contributed by atoms with Crippen molar-refractivity contribution in [2.75, 3.05) is 18.1 Å². The number of hydrogen-bond acceptors (Lipinski definition) is 7. The van der Waals surface area contributed by atoms with Crippen molar-refractivity contribution < 1.29 is 22.9 Å². The van der Waals surface area contributed by atoms with Gasteiger partial charge < -0.3 is 19.8 Å². The van der Waals surface area contributed by atoms with Gasteiger partial charge in [-0.05, 0) is 34.0 Å². The highest BCUT2D eigenvalue weighted by atomic mass is 32.2. The zero-order valence-corrected chi connectivity index (χ0v) is 16.7. The first-order valence-electron chi connectivity index (χ1n) is 9.04. The first-order valence-corrected chi connectivity index (χ1v) is 10.9. The quantitative estimate of drug-likeness (QED) is 0.496. The molecule has 1 aliphatic rings. The molecule has 0 bridgehead atoms. The molecule has 1 aromatic heterocycles. The standard InChI is InChI=1S/C19H21N3O6S/c1-14-7-8-17(19(20-14)22(24)25)28-12-18(23)21(11-15-5-3-2-4-6-15)16-9-10-29(26,27)13-16/h2-8,16H,9-13H2,1H3/t16-/m1/s1. The van der Waals surface area contributed by atoms with E-state index in [1.807, 2.05) is 30.3 Å². The molecule has 0 aliphatic carbocycles. The number of ether oxygens (including phenoxy) is 1. The van der Waals surface area contributed by atoms with E-state index in [0.29, 0.717) is 12.1 Å². The molecule has 0 unspecified atom stereocenters. The zero-order chi connectivity index (χ0) is 21.0. The minimum Gasteiger partial charge on any atom is -0.476 e. The average molecular weight is 419 g/mol. The van der Waals surface area contributed by atoms with Crippen LogP contribution in [0, 0.1) is 17.0 Å². The van der Waals surface area contributed by atoms with E-state index in [-0.39, 0.29) is 23.8 Å². The van der Waals surface area contributed by atoms with Crippen molar-refractivity contribution in [3.8, 4) is 5.75 Å². The van der Waals surface area contributed by atoms with Gasteiger partial charge in [0.15, 0.2) is 16.4 Å². The molecule has 1 saturated heterocycles. The van der Waals surface area contributed by atoms with Crippen LogP contribution in [0.3, 0.4) is 0 Å². The van der Waals surface area contributed by atoms with Crippen LogP contribution in [0.15, 0.2) is 42.5 Å². The van der Waals surface area contributed by atoms with Gasteiger partial charge in [0, 0.05) is 19.5 Å². The third-order valence-corrected chi connectivity index (χ3v) is 6.42. The molecule has 3 rings (SSSR count). The van der Waals surface area contributed by atoms with Crippen LogP contribution in [0.4, 0.5) is 5.82 Å². The SMILES string of the molecule is Cc1ccc(OCC(=O)N(Cc2ccccc2)[C@@H]2CCS(=O)(=O)C2)c([N+](=O)[O-])n1. The van der Waals surface area contributed by atoms with Crippen molar-refractivity contribution in [3.05, 3.63) is 63.8 Å². The van der Waals surface area contributed by atoms with Gasteiger partial charge in [-0.2, -0.15) is 0 Å². The zero-order valence-electron chi connectivity index (χ0n) is 15.9. The van der Waals surface area contributed by atoms with Crippen molar-refractivity contribution >= 4 is 21.6 Å². The van der Waals surface area contributed by atoms with Crippen LogP contribution in [0.2, 0.25) is 0 Å². The van der Waals surface area contributed by atoms with Crippen LogP contribution in [0.25, 0.3) is 0 Å². The number of aromatic nitrogens is 1. The van der Waals surface area contributed by atoms with Gasteiger partial charge in [-0.15, -0.1) is 0 Å². The molecule has 9 nitrogen and oxygen atoms in total. The maximum absolute atomic E-state index is 12.9. The Balaban J connectivity index is 1.77. The van der Waals surface area contributed by atoms with Crippen LogP contribution in [-0.4, -0.2) is 53.3 Å². The van der Waals surface area contributed by atoms with E-state index < -0.39 is 39.1 Å². The summed E-state index contributed by atoms with van der Waals surface area (Å²) in [6, 6.07) is 11.7. The van der Waals surface area contributed by atoms with Crippen molar-refractivity contribution in [1.29, 1.82) is 0 Å². The molecule has 10 heteroatoms. The average Bonchev–Trinajstić information content (AvgIpc) is 3.05. The van der Waals surface area contributed by atoms with Gasteiger partial charge in [0.1, 0.15) is 5.69 Å². The van der Waals surface area contributed by atoms with Gasteiger partial charge in [0.25, 0.3) is 5.91 Å². The number of hydrogen-bond donors (Lipinski definition) is 0. The number of benzene rings is 1. The molecule has 1 fully saturated rings. The van der Waals surface area contributed by atoms with E-state index in [1.54, 1.807) is 13.0 Å². The lowest BCUT2D eigenvalue weighted by Crippen LogP contribution is -2.43. The monoisotopic (exact) mass is 419 g/mol. The van der Waals surface area contributed by atoms with Gasteiger partial charge in [0.05, 0.1) is 11.5 Å². The summed E-state index contributed by atoms with van der Waals surface area (Å²) in [6.07, 6.45) is 0.354. The van der Waals surface area contributed by atoms with Gasteiger partial charge in [-0.1, -0.05) is 30.3 Å². The Morgan fingerprint density at radius 3 is 2.62 bits per heavy atom. The molecule has 0 saturated carbocycles. The maximum atomic E-state index is 12.9. The summed E-state index contributed by atoms with van der Waals surface area (Å²) >= 11 is 0. The van der Waals surface area contributed by atoms with Crippen molar-refractivity contribution in [1.82, 2.24) is 9.88 Å². The summed E-state index contributed by atoms with van der Waals surface area (Å²) in [5.74, 6) is -1.07. The topological polar surface area (TPSA) is 120 Å². The predicted octanol–water partition coefficient (Wildman–Crippen LogP) is 1.89. The predicted molar refractivity (Wildman–Crippen MR) is 105 cm³/mol. The summed E-state index contributed by atoms with van der Waals surface area (Å²) in [7, 11) is -3.19. The van der Waals surface area contributed by atoms with Crippen LogP contribution in [0.5, 0.6) is 5.75 Å². The Bertz CT molecular complexity index is 1010. The van der Waals surface area contributed by atoms with Crippen LogP contribution >= 0.6 is 0 Å². The third kappa shape index (κ3) is 5.29. The first kappa shape index (κ1) is 20.7. The smallest absolute Gasteiger partial charge is 0.406 e. The number of aryl methyl sites for hydroxylation is 1. The van der Waals surface area contributed by atoms with Crippen LogP contribution < -0.4 is 4.74 Å². The highest BCUT2D eigenvalue weighted by Crippen LogP contribution is 2.25. The van der Waals surface area contributed by atoms with E-state index in [4.69, 9.17) is 4.74 Å². The molecule has 29 heavy (non-hydrogen) atoms. The molecular formula is C19H21N3O6S. The summed E-state index contributed by atoms with van der Waals surface area (Å²) < 4.78 is 29.2. The molecule has 1 aromatic carbocycles. The number of rotatable bonds is 7. The Hall–Kier alpha value is -3.01. The van der Waals surface area contributed by atoms with Crippen molar-refractivity contribution in [2.45, 2.75) is 25.9 Å². The third-order valence-electron chi connectivity index (χ3n) is 4.67. The number of nitrogens with zero attached hydrogens (tertiary/aromatic N) is 3. The molecule has 154 valence electrons. The second-order valence-corrected chi connectivity index (χ2v) is 9.11. The number of carbonyl (C=O) groups is 1. The van der Waals surface area contributed by atoms with Gasteiger partial charge in [-0.25, -0.2) is 8.42 Å². The van der Waals surface area contributed by atoms with Crippen molar-refractivity contribution in [2.24, 2.45) is 0 Å². The van der Waals surface area contributed by atoms with Gasteiger partial charge in [0.2, 0.25) is 5.75 Å². The minimum absolute atomic E-state index is 0.0322. The lowest BCUT2D eigenvalue weighted by molar-refractivity contribution is -0.390. The largest absolute Gasteiger partial charge is 0.476 e. The van der Waals surface area contributed by atoms with E-state index in [1.165, 1.54) is 11.0 Å². The summed E-state index contributed by atoms with van der Waals surface area (Å²) in [4.78, 5) is 28.7. The normalized spacial score (nSPS) is 17.6.